The number of carbonyl (C=O) groups excluding carboxylic acids is 1. The van der Waals surface area contributed by atoms with Gasteiger partial charge in [-0.25, -0.2) is 0 Å². The number of ketones is 1. The predicted molar refractivity (Wildman–Crippen MR) is 127 cm³/mol. The van der Waals surface area contributed by atoms with Gasteiger partial charge in [0, 0.05) is 0 Å². The highest BCUT2D eigenvalue weighted by molar-refractivity contribution is 6.23. The van der Waals surface area contributed by atoms with Gasteiger partial charge < -0.3 is 0 Å². The predicted octanol–water partition coefficient (Wildman–Crippen LogP) is 6.91. The van der Waals surface area contributed by atoms with Crippen molar-refractivity contribution in [3.05, 3.63) is 130 Å². The van der Waals surface area contributed by atoms with Gasteiger partial charge >= 0.3 is 0 Å². The molecule has 1 atom stereocenters. The lowest BCUT2D eigenvalue weighted by atomic mass is 9.60. The summed E-state index contributed by atoms with van der Waals surface area (Å²) in [6, 6.07) is 29.7. The number of hydrogen-bond donors (Lipinski definition) is 0. The molecule has 31 heavy (non-hydrogen) atoms. The lowest BCUT2D eigenvalue weighted by Crippen LogP contribution is -2.40. The number of allylic oxidation sites excluding steroid dienone is 5. The van der Waals surface area contributed by atoms with Crippen molar-refractivity contribution >= 4 is 16.9 Å². The van der Waals surface area contributed by atoms with Crippen LogP contribution in [0.1, 0.15) is 47.9 Å². The highest BCUT2D eigenvalue weighted by Gasteiger charge is 2.54. The van der Waals surface area contributed by atoms with Crippen LogP contribution in [0, 0.1) is 0 Å². The van der Waals surface area contributed by atoms with Gasteiger partial charge in [0.15, 0.2) is 5.78 Å². The van der Waals surface area contributed by atoms with E-state index >= 15 is 0 Å². The van der Waals surface area contributed by atoms with Gasteiger partial charge in [-0.3, -0.25) is 4.79 Å². The van der Waals surface area contributed by atoms with Crippen LogP contribution in [0.2, 0.25) is 0 Å². The van der Waals surface area contributed by atoms with Gasteiger partial charge in [0.05, 0.1) is 0 Å². The van der Waals surface area contributed by atoms with Gasteiger partial charge in [-0.2, -0.15) is 0 Å². The minimum absolute atomic E-state index is 0.199. The third-order valence-electron chi connectivity index (χ3n) is 7.12. The van der Waals surface area contributed by atoms with Crippen molar-refractivity contribution in [2.75, 3.05) is 0 Å². The summed E-state index contributed by atoms with van der Waals surface area (Å²) in [6.07, 6.45) is 8.33. The monoisotopic (exact) mass is 400 g/mol. The van der Waals surface area contributed by atoms with Crippen LogP contribution in [-0.4, -0.2) is 5.78 Å². The highest BCUT2D eigenvalue weighted by Crippen LogP contribution is 2.60. The molecular weight excluding hydrogens is 376 g/mol. The van der Waals surface area contributed by atoms with E-state index in [1.54, 1.807) is 0 Å². The largest absolute Gasteiger partial charge is 0.293 e. The average Bonchev–Trinajstić information content (AvgIpc) is 3.15. The van der Waals surface area contributed by atoms with Crippen molar-refractivity contribution in [2.24, 2.45) is 0 Å². The van der Waals surface area contributed by atoms with Crippen LogP contribution < -0.4 is 0 Å². The van der Waals surface area contributed by atoms with E-state index < -0.39 is 5.41 Å². The van der Waals surface area contributed by atoms with E-state index in [9.17, 15) is 4.79 Å². The van der Waals surface area contributed by atoms with Crippen molar-refractivity contribution in [1.82, 2.24) is 0 Å². The number of fused-ring (bicyclic) bond motifs is 3. The van der Waals surface area contributed by atoms with E-state index in [2.05, 4.69) is 91.0 Å². The quantitative estimate of drug-likeness (QED) is 0.457. The summed E-state index contributed by atoms with van der Waals surface area (Å²) in [4.78, 5) is 14.0. The molecule has 0 aromatic heterocycles. The smallest absolute Gasteiger partial charge is 0.174 e. The third-order valence-corrected chi connectivity index (χ3v) is 7.12. The van der Waals surface area contributed by atoms with Crippen molar-refractivity contribution in [3.8, 4) is 0 Å². The second-order valence-electron chi connectivity index (χ2n) is 8.69. The van der Waals surface area contributed by atoms with Gasteiger partial charge in [0.2, 0.25) is 0 Å². The van der Waals surface area contributed by atoms with Crippen molar-refractivity contribution in [2.45, 2.75) is 31.1 Å². The van der Waals surface area contributed by atoms with Crippen molar-refractivity contribution in [1.29, 1.82) is 0 Å². The SMILES string of the molecule is O=C1C=CC2=C(CCCC2)C12C(c1ccccc1)=C(c1ccccc1)c1ccccc12. The van der Waals surface area contributed by atoms with Crippen LogP contribution in [0.15, 0.2) is 108 Å². The Morgan fingerprint density at radius 1 is 0.645 bits per heavy atom. The summed E-state index contributed by atoms with van der Waals surface area (Å²) in [7, 11) is 0. The molecule has 1 heteroatoms. The Kier molecular flexibility index (Phi) is 4.17. The first-order chi connectivity index (χ1) is 15.3. The maximum Gasteiger partial charge on any atom is 0.174 e. The fourth-order valence-electron chi connectivity index (χ4n) is 5.92. The molecule has 0 saturated carbocycles. The molecular formula is C30H24O. The zero-order valence-electron chi connectivity index (χ0n) is 17.5. The molecule has 6 rings (SSSR count). The average molecular weight is 401 g/mol. The first kappa shape index (κ1) is 18.3. The molecule has 1 spiro atoms. The lowest BCUT2D eigenvalue weighted by molar-refractivity contribution is -0.117. The van der Waals surface area contributed by atoms with Crippen molar-refractivity contribution < 1.29 is 4.79 Å². The second kappa shape index (κ2) is 7.06. The van der Waals surface area contributed by atoms with Crippen LogP contribution >= 0.6 is 0 Å². The Labute approximate surface area is 183 Å². The Morgan fingerprint density at radius 3 is 2.06 bits per heavy atom. The Hall–Kier alpha value is -3.45. The molecule has 0 saturated heterocycles. The van der Waals surface area contributed by atoms with E-state index in [0.29, 0.717) is 0 Å². The Bertz CT molecular complexity index is 1270. The Morgan fingerprint density at radius 2 is 1.29 bits per heavy atom. The normalized spacial score (nSPS) is 22.1. The van der Waals surface area contributed by atoms with Gasteiger partial charge in [-0.05, 0) is 76.3 Å². The molecule has 0 aliphatic heterocycles. The molecule has 0 amide bonds. The maximum atomic E-state index is 14.0. The molecule has 0 bridgehead atoms. The number of hydrogen-bond acceptors (Lipinski definition) is 1. The third kappa shape index (κ3) is 2.53. The van der Waals surface area contributed by atoms with Gasteiger partial charge in [0.1, 0.15) is 5.41 Å². The summed E-state index contributed by atoms with van der Waals surface area (Å²) < 4.78 is 0. The molecule has 3 aromatic rings. The summed E-state index contributed by atoms with van der Waals surface area (Å²) >= 11 is 0. The summed E-state index contributed by atoms with van der Waals surface area (Å²) in [5.74, 6) is 0.199. The molecule has 3 aliphatic carbocycles. The molecule has 0 fully saturated rings. The van der Waals surface area contributed by atoms with Crippen LogP contribution in [0.5, 0.6) is 0 Å². The number of benzene rings is 3. The topological polar surface area (TPSA) is 17.1 Å². The standard InChI is InChI=1S/C30H24O/c31-27-20-19-21-11-7-9-17-25(21)30(27)26-18-10-8-16-24(26)28(22-12-3-1-4-13-22)29(30)23-14-5-2-6-15-23/h1-6,8,10,12-16,18-20H,7,9,11,17H2. The second-order valence-corrected chi connectivity index (χ2v) is 8.69. The molecule has 1 unspecified atom stereocenters. The minimum atomic E-state index is -0.715. The zero-order chi connectivity index (χ0) is 20.8. The number of carbonyl (C=O) groups is 1. The lowest BCUT2D eigenvalue weighted by Gasteiger charge is -2.40. The number of rotatable bonds is 2. The molecule has 3 aliphatic rings. The van der Waals surface area contributed by atoms with E-state index in [1.165, 1.54) is 34.3 Å². The van der Waals surface area contributed by atoms with Crippen LogP contribution in [0.25, 0.3) is 11.1 Å². The summed E-state index contributed by atoms with van der Waals surface area (Å²) in [5, 5.41) is 0. The molecule has 0 N–H and O–H groups in total. The van der Waals surface area contributed by atoms with Gasteiger partial charge in [0.25, 0.3) is 0 Å². The molecule has 150 valence electrons. The summed E-state index contributed by atoms with van der Waals surface area (Å²) in [6.45, 7) is 0. The molecule has 3 aromatic carbocycles. The fourth-order valence-corrected chi connectivity index (χ4v) is 5.92. The van der Waals surface area contributed by atoms with Gasteiger partial charge in [-0.1, -0.05) is 91.0 Å². The highest BCUT2D eigenvalue weighted by atomic mass is 16.1. The fraction of sp³-hybridized carbons (Fsp3) is 0.167. The van der Waals surface area contributed by atoms with E-state index in [-0.39, 0.29) is 5.78 Å². The van der Waals surface area contributed by atoms with Crippen LogP contribution in [0.4, 0.5) is 0 Å². The van der Waals surface area contributed by atoms with E-state index in [4.69, 9.17) is 0 Å². The summed E-state index contributed by atoms with van der Waals surface area (Å²) in [5.41, 5.74) is 8.97. The van der Waals surface area contributed by atoms with Crippen LogP contribution in [-0.2, 0) is 10.2 Å². The van der Waals surface area contributed by atoms with Gasteiger partial charge in [-0.15, -0.1) is 0 Å². The van der Waals surface area contributed by atoms with Crippen LogP contribution in [0.3, 0.4) is 0 Å². The first-order valence-electron chi connectivity index (χ1n) is 11.2. The van der Waals surface area contributed by atoms with E-state index in [0.717, 1.165) is 36.0 Å². The van der Waals surface area contributed by atoms with E-state index in [1.807, 2.05) is 6.08 Å². The Balaban J connectivity index is 1.79. The first-order valence-corrected chi connectivity index (χ1v) is 11.2. The van der Waals surface area contributed by atoms with Crippen molar-refractivity contribution in [3.63, 3.8) is 0 Å². The zero-order valence-corrected chi connectivity index (χ0v) is 17.5. The molecule has 0 heterocycles. The molecule has 0 radical (unpaired) electrons. The molecule has 1 nitrogen and oxygen atoms in total. The maximum absolute atomic E-state index is 14.0. The minimum Gasteiger partial charge on any atom is -0.293 e.